The molecule has 32 heavy (non-hydrogen) atoms. The maximum absolute atomic E-state index is 11.3. The van der Waals surface area contributed by atoms with Crippen molar-refractivity contribution in [3.63, 3.8) is 0 Å². The van der Waals surface area contributed by atoms with Crippen molar-refractivity contribution in [3.8, 4) is 17.0 Å². The van der Waals surface area contributed by atoms with Crippen LogP contribution in [0.15, 0.2) is 66.7 Å². The number of carbonyl (C=O) groups is 1. The van der Waals surface area contributed by atoms with E-state index in [1.165, 1.54) is 11.3 Å². The Labute approximate surface area is 190 Å². The Morgan fingerprint density at radius 2 is 1.84 bits per heavy atom. The van der Waals surface area contributed by atoms with E-state index in [1.54, 1.807) is 6.92 Å². The zero-order valence-corrected chi connectivity index (χ0v) is 19.2. The Kier molecular flexibility index (Phi) is 8.12. The van der Waals surface area contributed by atoms with Crippen molar-refractivity contribution in [1.82, 2.24) is 4.57 Å². The van der Waals surface area contributed by atoms with E-state index in [-0.39, 0.29) is 12.6 Å². The van der Waals surface area contributed by atoms with Gasteiger partial charge in [0.15, 0.2) is 0 Å². The molecule has 0 radical (unpaired) electrons. The second kappa shape index (κ2) is 11.0. The van der Waals surface area contributed by atoms with Gasteiger partial charge >= 0.3 is 5.97 Å². The van der Waals surface area contributed by atoms with Gasteiger partial charge in [0.05, 0.1) is 18.2 Å². The van der Waals surface area contributed by atoms with E-state index in [0.29, 0.717) is 31.1 Å². The minimum atomic E-state index is -0.570. The standard InChI is InChI=1S/C27H33NO4/c1-19(2)27(30)31-15-9-8-12-23(29)18-32-24-14-13-22-16-25(21-10-6-5-7-11-21)28(20(3)4)26(22)17-24/h5-7,10-11,13-14,16-17,20,23,29H,1,8-9,12,15,18H2,2-4H3. The van der Waals surface area contributed by atoms with Crippen molar-refractivity contribution >= 4 is 16.9 Å². The fraction of sp³-hybridized carbons (Fsp3) is 0.370. The van der Waals surface area contributed by atoms with Gasteiger partial charge in [-0.15, -0.1) is 0 Å². The Morgan fingerprint density at radius 3 is 2.53 bits per heavy atom. The predicted molar refractivity (Wildman–Crippen MR) is 129 cm³/mol. The third-order valence-corrected chi connectivity index (χ3v) is 5.35. The zero-order chi connectivity index (χ0) is 23.1. The van der Waals surface area contributed by atoms with E-state index >= 15 is 0 Å². The number of esters is 1. The van der Waals surface area contributed by atoms with E-state index < -0.39 is 6.10 Å². The number of nitrogens with zero attached hydrogens (tertiary/aromatic N) is 1. The fourth-order valence-corrected chi connectivity index (χ4v) is 3.72. The summed E-state index contributed by atoms with van der Waals surface area (Å²) in [5.41, 5.74) is 3.88. The first-order valence-electron chi connectivity index (χ1n) is 11.2. The molecule has 3 aromatic rings. The third kappa shape index (κ3) is 6.01. The first kappa shape index (κ1) is 23.6. The molecule has 170 valence electrons. The van der Waals surface area contributed by atoms with Crippen molar-refractivity contribution in [3.05, 3.63) is 66.7 Å². The summed E-state index contributed by atoms with van der Waals surface area (Å²) in [7, 11) is 0. The van der Waals surface area contributed by atoms with Gasteiger partial charge in [-0.05, 0) is 63.8 Å². The van der Waals surface area contributed by atoms with Crippen molar-refractivity contribution in [1.29, 1.82) is 0 Å². The lowest BCUT2D eigenvalue weighted by Crippen LogP contribution is -2.17. The van der Waals surface area contributed by atoms with Crippen LogP contribution in [0.4, 0.5) is 0 Å². The second-order valence-electron chi connectivity index (χ2n) is 8.46. The summed E-state index contributed by atoms with van der Waals surface area (Å²) in [6, 6.07) is 19.0. The van der Waals surface area contributed by atoms with Gasteiger partial charge in [-0.25, -0.2) is 4.79 Å². The van der Waals surface area contributed by atoms with Crippen LogP contribution in [-0.4, -0.2) is 35.0 Å². The lowest BCUT2D eigenvalue weighted by atomic mass is 10.1. The van der Waals surface area contributed by atoms with Gasteiger partial charge < -0.3 is 19.1 Å². The van der Waals surface area contributed by atoms with E-state index in [2.05, 4.69) is 61.4 Å². The number of aromatic nitrogens is 1. The number of carbonyl (C=O) groups excluding carboxylic acids is 1. The number of unbranched alkanes of at least 4 members (excludes halogenated alkanes) is 1. The molecule has 5 nitrogen and oxygen atoms in total. The first-order chi connectivity index (χ1) is 15.4. The minimum absolute atomic E-state index is 0.227. The van der Waals surface area contributed by atoms with Crippen LogP contribution in [0, 0.1) is 0 Å². The minimum Gasteiger partial charge on any atom is -0.491 e. The number of ether oxygens (including phenoxy) is 2. The van der Waals surface area contributed by atoms with Crippen LogP contribution in [0.5, 0.6) is 5.75 Å². The smallest absolute Gasteiger partial charge is 0.333 e. The highest BCUT2D eigenvalue weighted by Crippen LogP contribution is 2.33. The maximum atomic E-state index is 11.3. The van der Waals surface area contributed by atoms with Gasteiger partial charge in [0, 0.05) is 28.8 Å². The molecule has 0 aliphatic rings. The van der Waals surface area contributed by atoms with Gasteiger partial charge in [-0.3, -0.25) is 0 Å². The van der Waals surface area contributed by atoms with Crippen LogP contribution in [-0.2, 0) is 9.53 Å². The van der Waals surface area contributed by atoms with Crippen LogP contribution in [0.25, 0.3) is 22.2 Å². The number of aliphatic hydroxyl groups excluding tert-OH is 1. The molecule has 0 amide bonds. The van der Waals surface area contributed by atoms with Gasteiger partial charge in [-0.1, -0.05) is 36.9 Å². The van der Waals surface area contributed by atoms with Crippen LogP contribution >= 0.6 is 0 Å². The van der Waals surface area contributed by atoms with E-state index in [4.69, 9.17) is 9.47 Å². The molecule has 0 spiro atoms. The number of rotatable bonds is 11. The van der Waals surface area contributed by atoms with Crippen LogP contribution in [0.1, 0.15) is 46.1 Å². The Balaban J connectivity index is 1.59. The maximum Gasteiger partial charge on any atom is 0.333 e. The molecule has 5 heteroatoms. The predicted octanol–water partition coefficient (Wildman–Crippen LogP) is 5.92. The van der Waals surface area contributed by atoms with E-state index in [9.17, 15) is 9.90 Å². The van der Waals surface area contributed by atoms with Crippen LogP contribution in [0.3, 0.4) is 0 Å². The summed E-state index contributed by atoms with van der Waals surface area (Å²) in [5, 5.41) is 11.4. The molecule has 0 saturated carbocycles. The number of hydrogen-bond donors (Lipinski definition) is 1. The van der Waals surface area contributed by atoms with E-state index in [0.717, 1.165) is 23.1 Å². The molecule has 1 N–H and O–H groups in total. The SMILES string of the molecule is C=C(C)C(=O)OCCCCC(O)COc1ccc2cc(-c3ccccc3)n(C(C)C)c2c1. The van der Waals surface area contributed by atoms with Gasteiger partial charge in [0.1, 0.15) is 12.4 Å². The highest BCUT2D eigenvalue weighted by Gasteiger charge is 2.14. The Morgan fingerprint density at radius 1 is 1.09 bits per heavy atom. The topological polar surface area (TPSA) is 60.7 Å². The number of hydrogen-bond acceptors (Lipinski definition) is 4. The Hall–Kier alpha value is -3.05. The van der Waals surface area contributed by atoms with E-state index in [1.807, 2.05) is 18.2 Å². The first-order valence-corrected chi connectivity index (χ1v) is 11.2. The van der Waals surface area contributed by atoms with Crippen LogP contribution in [0.2, 0.25) is 0 Å². The molecule has 0 aliphatic heterocycles. The molecule has 0 fully saturated rings. The molecule has 1 aromatic heterocycles. The Bertz CT molecular complexity index is 1050. The van der Waals surface area contributed by atoms with Gasteiger partial charge in [0.25, 0.3) is 0 Å². The van der Waals surface area contributed by atoms with Crippen molar-refractivity contribution in [2.75, 3.05) is 13.2 Å². The summed E-state index contributed by atoms with van der Waals surface area (Å²) in [6.45, 7) is 10.1. The third-order valence-electron chi connectivity index (χ3n) is 5.35. The lowest BCUT2D eigenvalue weighted by molar-refractivity contribution is -0.139. The number of fused-ring (bicyclic) bond motifs is 1. The van der Waals surface area contributed by atoms with Crippen molar-refractivity contribution in [2.24, 2.45) is 0 Å². The van der Waals surface area contributed by atoms with Crippen molar-refractivity contribution in [2.45, 2.75) is 52.2 Å². The molecule has 0 aliphatic carbocycles. The highest BCUT2D eigenvalue weighted by atomic mass is 16.5. The van der Waals surface area contributed by atoms with Crippen molar-refractivity contribution < 1.29 is 19.4 Å². The second-order valence-corrected chi connectivity index (χ2v) is 8.46. The highest BCUT2D eigenvalue weighted by molar-refractivity contribution is 5.88. The molecule has 2 aromatic carbocycles. The quantitative estimate of drug-likeness (QED) is 0.231. The molecule has 1 atom stereocenters. The molecule has 1 unspecified atom stereocenters. The van der Waals surface area contributed by atoms with Crippen LogP contribution < -0.4 is 4.74 Å². The molecular formula is C27H33NO4. The average Bonchev–Trinajstić information content (AvgIpc) is 3.17. The molecule has 0 bridgehead atoms. The number of benzene rings is 2. The summed E-state index contributed by atoms with van der Waals surface area (Å²) in [6.07, 6.45) is 1.47. The summed E-state index contributed by atoms with van der Waals surface area (Å²) < 4.78 is 13.3. The normalized spacial score (nSPS) is 12.2. The summed E-state index contributed by atoms with van der Waals surface area (Å²) in [4.78, 5) is 11.3. The monoisotopic (exact) mass is 435 g/mol. The van der Waals surface area contributed by atoms with Gasteiger partial charge in [-0.2, -0.15) is 0 Å². The molecular weight excluding hydrogens is 402 g/mol. The molecule has 0 saturated heterocycles. The number of aliphatic hydroxyl groups is 1. The zero-order valence-electron chi connectivity index (χ0n) is 19.2. The fourth-order valence-electron chi connectivity index (χ4n) is 3.72. The molecule has 1 heterocycles. The summed E-state index contributed by atoms with van der Waals surface area (Å²) >= 11 is 0. The lowest BCUT2D eigenvalue weighted by Gasteiger charge is -2.16. The average molecular weight is 436 g/mol. The van der Waals surface area contributed by atoms with Gasteiger partial charge in [0.2, 0.25) is 0 Å². The largest absolute Gasteiger partial charge is 0.491 e. The summed E-state index contributed by atoms with van der Waals surface area (Å²) in [5.74, 6) is 0.373. The molecule has 3 rings (SSSR count).